The minimum absolute atomic E-state index is 0.00185. The summed E-state index contributed by atoms with van der Waals surface area (Å²) in [7, 11) is 0. The van der Waals surface area contributed by atoms with E-state index >= 15 is 0 Å². The molecule has 2 aromatic carbocycles. The highest BCUT2D eigenvalue weighted by atomic mass is 16.3. The summed E-state index contributed by atoms with van der Waals surface area (Å²) >= 11 is 0. The van der Waals surface area contributed by atoms with Gasteiger partial charge in [0.05, 0.1) is 0 Å². The highest BCUT2D eigenvalue weighted by Gasteiger charge is 2.21. The number of benzene rings is 2. The Labute approximate surface area is 126 Å². The first-order chi connectivity index (χ1) is 9.70. The summed E-state index contributed by atoms with van der Waals surface area (Å²) in [5, 5.41) is 10.0. The van der Waals surface area contributed by atoms with E-state index in [0.717, 1.165) is 16.7 Å². The average molecular weight is 282 g/mol. The van der Waals surface area contributed by atoms with Crippen molar-refractivity contribution in [2.75, 3.05) is 0 Å². The highest BCUT2D eigenvalue weighted by Crippen LogP contribution is 2.32. The normalized spacial score (nSPS) is 11.5. The topological polar surface area (TPSA) is 37.3 Å². The van der Waals surface area contributed by atoms with Crippen molar-refractivity contribution in [1.82, 2.24) is 0 Å². The van der Waals surface area contributed by atoms with Gasteiger partial charge in [-0.25, -0.2) is 0 Å². The molecule has 0 unspecified atom stereocenters. The first-order valence-corrected chi connectivity index (χ1v) is 7.15. The molecule has 21 heavy (non-hydrogen) atoms. The zero-order chi connectivity index (χ0) is 15.8. The van der Waals surface area contributed by atoms with Crippen molar-refractivity contribution in [2.45, 2.75) is 40.0 Å². The maximum atomic E-state index is 12.7. The maximum absolute atomic E-state index is 12.7. The number of phenolic OH excluding ortho intramolecular Hbond substituents is 1. The fraction of sp³-hybridized carbons (Fsp3) is 0.316. The largest absolute Gasteiger partial charge is 0.508 e. The van der Waals surface area contributed by atoms with E-state index in [9.17, 15) is 9.90 Å². The van der Waals surface area contributed by atoms with Gasteiger partial charge in [0.1, 0.15) is 5.75 Å². The Hall–Kier alpha value is -2.09. The molecule has 2 rings (SSSR count). The van der Waals surface area contributed by atoms with Gasteiger partial charge in [-0.05, 0) is 48.6 Å². The molecule has 0 saturated carbocycles. The summed E-state index contributed by atoms with van der Waals surface area (Å²) in [6.45, 7) is 10.0. The molecule has 0 bridgehead atoms. The zero-order valence-corrected chi connectivity index (χ0v) is 13.3. The molecule has 2 aromatic rings. The summed E-state index contributed by atoms with van der Waals surface area (Å²) in [4.78, 5) is 12.7. The number of hydrogen-bond donors (Lipinski definition) is 1. The smallest absolute Gasteiger partial charge is 0.193 e. The van der Waals surface area contributed by atoms with Crippen LogP contribution in [0.2, 0.25) is 0 Å². The van der Waals surface area contributed by atoms with Crippen molar-refractivity contribution in [3.63, 3.8) is 0 Å². The number of carbonyl (C=O) groups excluding carboxylic acids is 1. The summed E-state index contributed by atoms with van der Waals surface area (Å²) in [5.74, 6) is 0.234. The fourth-order valence-corrected chi connectivity index (χ4v) is 2.50. The number of aryl methyl sites for hydroxylation is 2. The van der Waals surface area contributed by atoms with Gasteiger partial charge < -0.3 is 5.11 Å². The van der Waals surface area contributed by atoms with E-state index in [2.05, 4.69) is 0 Å². The molecule has 0 aliphatic carbocycles. The van der Waals surface area contributed by atoms with Gasteiger partial charge in [-0.3, -0.25) is 4.79 Å². The molecule has 0 aromatic heterocycles. The van der Waals surface area contributed by atoms with E-state index < -0.39 is 0 Å². The molecule has 0 radical (unpaired) electrons. The molecule has 1 N–H and O–H groups in total. The Morgan fingerprint density at radius 3 is 2.24 bits per heavy atom. The van der Waals surface area contributed by atoms with E-state index in [0.29, 0.717) is 11.1 Å². The number of hydrogen-bond acceptors (Lipinski definition) is 2. The third-order valence-electron chi connectivity index (χ3n) is 3.69. The minimum Gasteiger partial charge on any atom is -0.508 e. The molecule has 2 nitrogen and oxygen atoms in total. The lowest BCUT2D eigenvalue weighted by molar-refractivity contribution is 0.103. The number of rotatable bonds is 2. The number of aromatic hydroxyl groups is 1. The predicted octanol–water partition coefficient (Wildman–Crippen LogP) is 4.54. The van der Waals surface area contributed by atoms with Gasteiger partial charge in [-0.15, -0.1) is 0 Å². The van der Waals surface area contributed by atoms with Crippen LogP contribution in [0.25, 0.3) is 0 Å². The monoisotopic (exact) mass is 282 g/mol. The third kappa shape index (κ3) is 3.15. The molecular weight excluding hydrogens is 260 g/mol. The second kappa shape index (κ2) is 5.36. The van der Waals surface area contributed by atoms with E-state index in [-0.39, 0.29) is 16.9 Å². The van der Waals surface area contributed by atoms with Gasteiger partial charge in [0.25, 0.3) is 0 Å². The van der Waals surface area contributed by atoms with E-state index in [4.69, 9.17) is 0 Å². The van der Waals surface area contributed by atoms with Crippen molar-refractivity contribution < 1.29 is 9.90 Å². The lowest BCUT2D eigenvalue weighted by Crippen LogP contribution is -2.13. The Balaban J connectivity index is 2.49. The van der Waals surface area contributed by atoms with Crippen molar-refractivity contribution in [1.29, 1.82) is 0 Å². The molecule has 0 fully saturated rings. The first-order valence-electron chi connectivity index (χ1n) is 7.15. The molecule has 0 amide bonds. The Morgan fingerprint density at radius 2 is 1.67 bits per heavy atom. The van der Waals surface area contributed by atoms with Crippen LogP contribution >= 0.6 is 0 Å². The number of phenols is 1. The molecule has 0 spiro atoms. The van der Waals surface area contributed by atoms with Crippen molar-refractivity contribution in [3.05, 3.63) is 64.2 Å². The van der Waals surface area contributed by atoms with Crippen molar-refractivity contribution in [2.24, 2.45) is 0 Å². The van der Waals surface area contributed by atoms with Gasteiger partial charge in [0.2, 0.25) is 0 Å². The Kier molecular flexibility index (Phi) is 3.91. The van der Waals surface area contributed by atoms with Crippen LogP contribution in [0.4, 0.5) is 0 Å². The van der Waals surface area contributed by atoms with Gasteiger partial charge in [0, 0.05) is 11.1 Å². The second-order valence-corrected chi connectivity index (χ2v) is 6.63. The van der Waals surface area contributed by atoms with Crippen LogP contribution < -0.4 is 0 Å². The van der Waals surface area contributed by atoms with E-state index in [1.165, 1.54) is 0 Å². The van der Waals surface area contributed by atoms with Crippen molar-refractivity contribution >= 4 is 5.78 Å². The lowest BCUT2D eigenvalue weighted by atomic mass is 9.84. The van der Waals surface area contributed by atoms with E-state index in [1.54, 1.807) is 18.2 Å². The number of carbonyl (C=O) groups is 1. The van der Waals surface area contributed by atoms with Crippen molar-refractivity contribution in [3.8, 4) is 5.75 Å². The fourth-order valence-electron chi connectivity index (χ4n) is 2.50. The van der Waals surface area contributed by atoms with Gasteiger partial charge >= 0.3 is 0 Å². The maximum Gasteiger partial charge on any atom is 0.193 e. The molecular formula is C19H22O2. The van der Waals surface area contributed by atoms with E-state index in [1.807, 2.05) is 52.8 Å². The van der Waals surface area contributed by atoms with Gasteiger partial charge in [-0.1, -0.05) is 44.5 Å². The first kappa shape index (κ1) is 15.3. The molecule has 110 valence electrons. The van der Waals surface area contributed by atoms with Crippen LogP contribution in [0.5, 0.6) is 5.75 Å². The molecule has 2 heteroatoms. The molecule has 0 atom stereocenters. The summed E-state index contributed by atoms with van der Waals surface area (Å²) < 4.78 is 0. The molecule has 0 saturated heterocycles. The molecule has 0 aliphatic rings. The van der Waals surface area contributed by atoms with Crippen LogP contribution in [0, 0.1) is 13.8 Å². The van der Waals surface area contributed by atoms with Crippen LogP contribution in [-0.2, 0) is 5.41 Å². The minimum atomic E-state index is -0.206. The standard InChI is InChI=1S/C19H22O2/c1-12-6-8-15(13(2)10-12)18(21)14-7-9-17(20)16(11-14)19(3,4)5/h6-11,20H,1-5H3. The third-order valence-corrected chi connectivity index (χ3v) is 3.69. The summed E-state index contributed by atoms with van der Waals surface area (Å²) in [6, 6.07) is 10.9. The average Bonchev–Trinajstić information content (AvgIpc) is 2.37. The van der Waals surface area contributed by atoms with Gasteiger partial charge in [0.15, 0.2) is 5.78 Å². The van der Waals surface area contributed by atoms with Crippen LogP contribution in [0.1, 0.15) is 53.4 Å². The van der Waals surface area contributed by atoms with Crippen LogP contribution in [-0.4, -0.2) is 10.9 Å². The SMILES string of the molecule is Cc1ccc(C(=O)c2ccc(O)c(C(C)(C)C)c2)c(C)c1. The summed E-state index contributed by atoms with van der Waals surface area (Å²) in [5.41, 5.74) is 4.03. The Morgan fingerprint density at radius 1 is 1.00 bits per heavy atom. The molecule has 0 aliphatic heterocycles. The van der Waals surface area contributed by atoms with Crippen LogP contribution in [0.3, 0.4) is 0 Å². The zero-order valence-electron chi connectivity index (χ0n) is 13.3. The second-order valence-electron chi connectivity index (χ2n) is 6.63. The lowest BCUT2D eigenvalue weighted by Gasteiger charge is -2.21. The van der Waals surface area contributed by atoms with Gasteiger partial charge in [-0.2, -0.15) is 0 Å². The highest BCUT2D eigenvalue weighted by molar-refractivity contribution is 6.10. The molecule has 0 heterocycles. The predicted molar refractivity (Wildman–Crippen MR) is 86.2 cm³/mol. The van der Waals surface area contributed by atoms with Crippen LogP contribution in [0.15, 0.2) is 36.4 Å². The quantitative estimate of drug-likeness (QED) is 0.821. The summed E-state index contributed by atoms with van der Waals surface area (Å²) in [6.07, 6.45) is 0. The Bertz CT molecular complexity index is 691. The number of ketones is 1.